The van der Waals surface area contributed by atoms with E-state index in [-0.39, 0.29) is 0 Å². The smallest absolute Gasteiger partial charge is 0.0385 e. The van der Waals surface area contributed by atoms with Gasteiger partial charge in [-0.05, 0) is 25.5 Å². The van der Waals surface area contributed by atoms with Gasteiger partial charge in [0, 0.05) is 6.54 Å². The lowest BCUT2D eigenvalue weighted by Gasteiger charge is -1.92. The zero-order valence-electron chi connectivity index (χ0n) is 7.97. The molecule has 1 heteroatoms. The molecule has 0 saturated heterocycles. The van der Waals surface area contributed by atoms with Crippen LogP contribution in [0.15, 0.2) is 4.99 Å². The van der Waals surface area contributed by atoms with Crippen LogP contribution in [0.3, 0.4) is 0 Å². The van der Waals surface area contributed by atoms with Gasteiger partial charge < -0.3 is 0 Å². The summed E-state index contributed by atoms with van der Waals surface area (Å²) >= 11 is 0. The van der Waals surface area contributed by atoms with E-state index in [1.54, 1.807) is 0 Å². The Hall–Kier alpha value is -0.330. The monoisotopic (exact) mass is 155 g/mol. The molecule has 0 aromatic carbocycles. The Labute approximate surface area is 70.9 Å². The largest absolute Gasteiger partial charge is 0.298 e. The van der Waals surface area contributed by atoms with E-state index < -0.39 is 0 Å². The van der Waals surface area contributed by atoms with Crippen molar-refractivity contribution < 1.29 is 0 Å². The van der Waals surface area contributed by atoms with E-state index in [0.717, 1.165) is 6.54 Å². The average molecular weight is 155 g/mol. The summed E-state index contributed by atoms with van der Waals surface area (Å²) in [6.45, 7) is 5.48. The van der Waals surface area contributed by atoms with Gasteiger partial charge in [-0.2, -0.15) is 0 Å². The SMILES string of the molecule is CCCCC=NCCCCC. The first-order valence-corrected chi connectivity index (χ1v) is 4.90. The molecule has 0 heterocycles. The standard InChI is InChI=1S/C10H21N/c1-3-5-7-9-11-10-8-6-4-2/h9H,3-8,10H2,1-2H3. The predicted octanol–water partition coefficient (Wildman–Crippen LogP) is 3.44. The number of rotatable bonds is 7. The van der Waals surface area contributed by atoms with Crippen molar-refractivity contribution in [3.8, 4) is 0 Å². The Balaban J connectivity index is 2.91. The molecule has 0 amide bonds. The molecule has 66 valence electrons. The molecule has 0 fully saturated rings. The molecule has 0 spiro atoms. The summed E-state index contributed by atoms with van der Waals surface area (Å²) in [5.41, 5.74) is 0. The Morgan fingerprint density at radius 2 is 1.73 bits per heavy atom. The average Bonchev–Trinajstić information content (AvgIpc) is 2.03. The Kier molecular flexibility index (Phi) is 9.38. The van der Waals surface area contributed by atoms with Gasteiger partial charge in [0.05, 0.1) is 0 Å². The van der Waals surface area contributed by atoms with Crippen molar-refractivity contribution in [1.29, 1.82) is 0 Å². The first-order chi connectivity index (χ1) is 5.41. The highest BCUT2D eigenvalue weighted by atomic mass is 14.7. The fourth-order valence-corrected chi connectivity index (χ4v) is 0.931. The maximum absolute atomic E-state index is 4.32. The molecule has 0 atom stereocenters. The third-order valence-electron chi connectivity index (χ3n) is 1.71. The summed E-state index contributed by atoms with van der Waals surface area (Å²) in [6.07, 6.45) is 9.70. The first kappa shape index (κ1) is 10.7. The lowest BCUT2D eigenvalue weighted by Crippen LogP contribution is -1.82. The molecule has 0 aromatic rings. The van der Waals surface area contributed by atoms with E-state index in [0.29, 0.717) is 0 Å². The van der Waals surface area contributed by atoms with Gasteiger partial charge in [0.25, 0.3) is 0 Å². The van der Waals surface area contributed by atoms with Gasteiger partial charge in [-0.25, -0.2) is 0 Å². The summed E-state index contributed by atoms with van der Waals surface area (Å²) in [5.74, 6) is 0. The van der Waals surface area contributed by atoms with Crippen molar-refractivity contribution >= 4 is 6.21 Å². The van der Waals surface area contributed by atoms with Crippen molar-refractivity contribution in [3.63, 3.8) is 0 Å². The lowest BCUT2D eigenvalue weighted by molar-refractivity contribution is 0.727. The molecule has 11 heavy (non-hydrogen) atoms. The second-order valence-electron chi connectivity index (χ2n) is 2.94. The van der Waals surface area contributed by atoms with Gasteiger partial charge in [-0.3, -0.25) is 4.99 Å². The minimum Gasteiger partial charge on any atom is -0.298 e. The second-order valence-corrected chi connectivity index (χ2v) is 2.94. The number of nitrogens with zero attached hydrogens (tertiary/aromatic N) is 1. The van der Waals surface area contributed by atoms with Crippen LogP contribution < -0.4 is 0 Å². The van der Waals surface area contributed by atoms with E-state index in [4.69, 9.17) is 0 Å². The number of hydrogen-bond donors (Lipinski definition) is 0. The highest BCUT2D eigenvalue weighted by Gasteiger charge is 1.82. The molecular formula is C10H21N. The van der Waals surface area contributed by atoms with Crippen LogP contribution in [-0.4, -0.2) is 12.8 Å². The number of aliphatic imine (C=N–C) groups is 1. The van der Waals surface area contributed by atoms with Crippen LogP contribution in [0.2, 0.25) is 0 Å². The van der Waals surface area contributed by atoms with Gasteiger partial charge in [-0.15, -0.1) is 0 Å². The molecule has 0 aromatic heterocycles. The molecule has 0 saturated carbocycles. The van der Waals surface area contributed by atoms with Crippen LogP contribution in [0.1, 0.15) is 52.4 Å². The summed E-state index contributed by atoms with van der Waals surface area (Å²) < 4.78 is 0. The summed E-state index contributed by atoms with van der Waals surface area (Å²) in [4.78, 5) is 4.32. The molecule has 0 bridgehead atoms. The molecule has 0 rings (SSSR count). The molecular weight excluding hydrogens is 134 g/mol. The summed E-state index contributed by atoms with van der Waals surface area (Å²) in [6, 6.07) is 0. The van der Waals surface area contributed by atoms with E-state index >= 15 is 0 Å². The number of unbranched alkanes of at least 4 members (excludes halogenated alkanes) is 4. The second kappa shape index (κ2) is 9.67. The Morgan fingerprint density at radius 1 is 1.00 bits per heavy atom. The summed E-state index contributed by atoms with van der Waals surface area (Å²) in [7, 11) is 0. The molecule has 1 nitrogen and oxygen atoms in total. The number of hydrogen-bond acceptors (Lipinski definition) is 1. The normalized spacial score (nSPS) is 11.1. The fourth-order valence-electron chi connectivity index (χ4n) is 0.931. The van der Waals surface area contributed by atoms with Gasteiger partial charge in [0.2, 0.25) is 0 Å². The molecule has 0 aliphatic rings. The molecule has 0 radical (unpaired) electrons. The van der Waals surface area contributed by atoms with Crippen LogP contribution in [0.5, 0.6) is 0 Å². The zero-order chi connectivity index (χ0) is 8.36. The van der Waals surface area contributed by atoms with Gasteiger partial charge in [-0.1, -0.05) is 33.1 Å². The highest BCUT2D eigenvalue weighted by molar-refractivity contribution is 5.56. The minimum atomic E-state index is 1.04. The third kappa shape index (κ3) is 9.67. The van der Waals surface area contributed by atoms with Crippen molar-refractivity contribution in [3.05, 3.63) is 0 Å². The molecule has 0 aliphatic carbocycles. The minimum absolute atomic E-state index is 1.04. The van der Waals surface area contributed by atoms with E-state index in [2.05, 4.69) is 25.1 Å². The Bertz CT molecular complexity index is 86.9. The molecule has 0 aliphatic heterocycles. The van der Waals surface area contributed by atoms with Gasteiger partial charge in [0.1, 0.15) is 0 Å². The first-order valence-electron chi connectivity index (χ1n) is 4.90. The lowest BCUT2D eigenvalue weighted by atomic mass is 10.2. The summed E-state index contributed by atoms with van der Waals surface area (Å²) in [5, 5.41) is 0. The quantitative estimate of drug-likeness (QED) is 0.394. The molecule has 0 N–H and O–H groups in total. The predicted molar refractivity (Wildman–Crippen MR) is 52.4 cm³/mol. The third-order valence-corrected chi connectivity index (χ3v) is 1.71. The van der Waals surface area contributed by atoms with E-state index in [1.165, 1.54) is 38.5 Å². The van der Waals surface area contributed by atoms with E-state index in [1.807, 2.05) is 0 Å². The van der Waals surface area contributed by atoms with E-state index in [9.17, 15) is 0 Å². The van der Waals surface area contributed by atoms with Gasteiger partial charge in [0.15, 0.2) is 0 Å². The fraction of sp³-hybridized carbons (Fsp3) is 0.900. The van der Waals surface area contributed by atoms with Crippen molar-refractivity contribution in [2.24, 2.45) is 4.99 Å². The van der Waals surface area contributed by atoms with Crippen LogP contribution >= 0.6 is 0 Å². The van der Waals surface area contributed by atoms with Gasteiger partial charge >= 0.3 is 0 Å². The van der Waals surface area contributed by atoms with Crippen molar-refractivity contribution in [1.82, 2.24) is 0 Å². The van der Waals surface area contributed by atoms with Crippen LogP contribution in [-0.2, 0) is 0 Å². The van der Waals surface area contributed by atoms with Crippen LogP contribution in [0.25, 0.3) is 0 Å². The maximum atomic E-state index is 4.32. The highest BCUT2D eigenvalue weighted by Crippen LogP contribution is 1.94. The topological polar surface area (TPSA) is 12.4 Å². The Morgan fingerprint density at radius 3 is 2.36 bits per heavy atom. The maximum Gasteiger partial charge on any atom is 0.0385 e. The van der Waals surface area contributed by atoms with Crippen LogP contribution in [0.4, 0.5) is 0 Å². The zero-order valence-corrected chi connectivity index (χ0v) is 7.97. The van der Waals surface area contributed by atoms with Crippen molar-refractivity contribution in [2.75, 3.05) is 6.54 Å². The van der Waals surface area contributed by atoms with Crippen LogP contribution in [0, 0.1) is 0 Å². The molecule has 0 unspecified atom stereocenters. The van der Waals surface area contributed by atoms with Crippen molar-refractivity contribution in [2.45, 2.75) is 52.4 Å².